The number of aryl methyl sites for hydroxylation is 1. The molecule has 0 amide bonds. The Labute approximate surface area is 213 Å². The summed E-state index contributed by atoms with van der Waals surface area (Å²) in [6, 6.07) is 8.75. The van der Waals surface area contributed by atoms with Gasteiger partial charge in [0.1, 0.15) is 5.82 Å². The molecule has 2 aliphatic rings. The molecule has 0 saturated carbocycles. The van der Waals surface area contributed by atoms with Crippen molar-refractivity contribution >= 4 is 56.2 Å². The minimum absolute atomic E-state index is 0.0231. The zero-order chi connectivity index (χ0) is 24.6. The average molecular weight is 543 g/mol. The van der Waals surface area contributed by atoms with Gasteiger partial charge in [-0.3, -0.25) is 5.01 Å². The average Bonchev–Trinajstić information content (AvgIpc) is 3.10. The number of hydrazone groups is 1. The third-order valence-electron chi connectivity index (χ3n) is 6.12. The highest BCUT2D eigenvalue weighted by atomic mass is 35.5. The second-order valence-electron chi connectivity index (χ2n) is 8.39. The number of anilines is 1. The van der Waals surface area contributed by atoms with E-state index in [9.17, 15) is 12.8 Å². The molecule has 0 radical (unpaired) electrons. The standard InChI is InChI=1S/C24H23Cl3FN3O2S/c1-14-3-9-19(28)12-23(14)34(32,33)29-13-21-15(2)24(16-4-6-17(25)7-5-16)31(30-21)22-10-8-18(26)11-20(22)27/h3-4,6-12,15-16,24,29H,5,13H2,1-2H3/t15-,16?,24+/m1/s1. The molecule has 0 bridgehead atoms. The van der Waals surface area contributed by atoms with Crippen LogP contribution in [0.1, 0.15) is 18.9 Å². The zero-order valence-corrected chi connectivity index (χ0v) is 21.6. The number of halogens is 4. The highest BCUT2D eigenvalue weighted by Gasteiger charge is 2.40. The zero-order valence-electron chi connectivity index (χ0n) is 18.5. The van der Waals surface area contributed by atoms with Gasteiger partial charge in [-0.2, -0.15) is 5.10 Å². The van der Waals surface area contributed by atoms with Crippen molar-refractivity contribution in [3.63, 3.8) is 0 Å². The summed E-state index contributed by atoms with van der Waals surface area (Å²) >= 11 is 18.7. The Hall–Kier alpha value is -1.90. The van der Waals surface area contributed by atoms with Gasteiger partial charge >= 0.3 is 0 Å². The highest BCUT2D eigenvalue weighted by molar-refractivity contribution is 7.89. The smallest absolute Gasteiger partial charge is 0.241 e. The van der Waals surface area contributed by atoms with Gasteiger partial charge in [-0.05, 0) is 55.3 Å². The van der Waals surface area contributed by atoms with E-state index >= 15 is 0 Å². The Morgan fingerprint density at radius 3 is 2.62 bits per heavy atom. The van der Waals surface area contributed by atoms with Crippen LogP contribution in [0.5, 0.6) is 0 Å². The molecule has 0 saturated heterocycles. The van der Waals surface area contributed by atoms with Gasteiger partial charge in [-0.25, -0.2) is 17.5 Å². The van der Waals surface area contributed by atoms with Crippen molar-refractivity contribution < 1.29 is 12.8 Å². The fourth-order valence-corrected chi connectivity index (χ4v) is 6.22. The summed E-state index contributed by atoms with van der Waals surface area (Å²) < 4.78 is 42.1. The molecule has 0 fully saturated rings. The molecular formula is C24H23Cl3FN3O2S. The fraction of sp³-hybridized carbons (Fsp3) is 0.292. The summed E-state index contributed by atoms with van der Waals surface area (Å²) in [4.78, 5) is -0.0945. The van der Waals surface area contributed by atoms with Gasteiger partial charge in [-0.15, -0.1) is 0 Å². The van der Waals surface area contributed by atoms with Crippen molar-refractivity contribution in [3.8, 4) is 0 Å². The van der Waals surface area contributed by atoms with Crippen molar-refractivity contribution in [1.82, 2.24) is 4.72 Å². The first-order valence-electron chi connectivity index (χ1n) is 10.7. The first kappa shape index (κ1) is 25.2. The SMILES string of the molecule is Cc1ccc(F)cc1S(=O)(=O)NCC1=NN(c2ccc(Cl)cc2Cl)[C@H](C2C=CC(Cl)=CC2)[C@@H]1C. The quantitative estimate of drug-likeness (QED) is 0.466. The minimum Gasteiger partial charge on any atom is -0.260 e. The molecule has 4 rings (SSSR count). The van der Waals surface area contributed by atoms with Crippen LogP contribution >= 0.6 is 34.8 Å². The van der Waals surface area contributed by atoms with Gasteiger partial charge in [0.15, 0.2) is 0 Å². The van der Waals surface area contributed by atoms with Crippen molar-refractivity contribution in [2.45, 2.75) is 31.2 Å². The fourth-order valence-electron chi connectivity index (χ4n) is 4.31. The van der Waals surface area contributed by atoms with Gasteiger partial charge in [0.25, 0.3) is 0 Å². The summed E-state index contributed by atoms with van der Waals surface area (Å²) in [5, 5.41) is 8.24. The molecule has 34 heavy (non-hydrogen) atoms. The number of nitrogens with one attached hydrogen (secondary N) is 1. The van der Waals surface area contributed by atoms with E-state index in [1.807, 2.05) is 30.2 Å². The minimum atomic E-state index is -3.94. The van der Waals surface area contributed by atoms with Gasteiger partial charge in [0, 0.05) is 21.9 Å². The molecule has 180 valence electrons. The molecule has 2 aromatic carbocycles. The lowest BCUT2D eigenvalue weighted by Crippen LogP contribution is -2.40. The summed E-state index contributed by atoms with van der Waals surface area (Å²) in [6.45, 7) is 3.60. The lowest BCUT2D eigenvalue weighted by Gasteiger charge is -2.33. The monoisotopic (exact) mass is 541 g/mol. The number of sulfonamides is 1. The lowest BCUT2D eigenvalue weighted by molar-refractivity contribution is 0.434. The lowest BCUT2D eigenvalue weighted by atomic mass is 9.83. The molecular weight excluding hydrogens is 520 g/mol. The van der Waals surface area contributed by atoms with Crippen molar-refractivity contribution in [1.29, 1.82) is 0 Å². The second-order valence-corrected chi connectivity index (χ2v) is 11.4. The molecule has 5 nitrogen and oxygen atoms in total. The highest BCUT2D eigenvalue weighted by Crippen LogP contribution is 2.40. The third-order valence-corrected chi connectivity index (χ3v) is 8.48. The van der Waals surface area contributed by atoms with E-state index in [-0.39, 0.29) is 29.3 Å². The Bertz CT molecular complexity index is 1310. The summed E-state index contributed by atoms with van der Waals surface area (Å²) in [5.41, 5.74) is 1.78. The maximum Gasteiger partial charge on any atom is 0.241 e. The van der Waals surface area contributed by atoms with Crippen LogP contribution in [0, 0.1) is 24.6 Å². The topological polar surface area (TPSA) is 61.8 Å². The maximum atomic E-state index is 13.7. The largest absolute Gasteiger partial charge is 0.260 e. The van der Waals surface area contributed by atoms with Crippen LogP contribution < -0.4 is 9.73 Å². The number of rotatable bonds is 6. The van der Waals surface area contributed by atoms with E-state index in [2.05, 4.69) is 4.72 Å². The molecule has 1 heterocycles. The van der Waals surface area contributed by atoms with Crippen LogP contribution in [-0.2, 0) is 10.0 Å². The van der Waals surface area contributed by atoms with E-state index < -0.39 is 15.8 Å². The van der Waals surface area contributed by atoms with E-state index in [0.29, 0.717) is 38.5 Å². The molecule has 0 aromatic heterocycles. The van der Waals surface area contributed by atoms with E-state index in [4.69, 9.17) is 39.9 Å². The first-order valence-corrected chi connectivity index (χ1v) is 13.3. The molecule has 0 spiro atoms. The van der Waals surface area contributed by atoms with Crippen LogP contribution in [0.15, 0.2) is 69.7 Å². The molecule has 1 aliphatic heterocycles. The molecule has 2 aromatic rings. The number of benzene rings is 2. The van der Waals surface area contributed by atoms with Crippen molar-refractivity contribution in [2.75, 3.05) is 11.6 Å². The van der Waals surface area contributed by atoms with Crippen LogP contribution in [0.25, 0.3) is 0 Å². The number of hydrogen-bond donors (Lipinski definition) is 1. The molecule has 1 aliphatic carbocycles. The molecule has 10 heteroatoms. The normalized spacial score (nSPS) is 22.6. The van der Waals surface area contributed by atoms with Crippen molar-refractivity contribution in [3.05, 3.63) is 81.1 Å². The summed E-state index contributed by atoms with van der Waals surface area (Å²) in [5.74, 6) is -0.646. The van der Waals surface area contributed by atoms with Crippen LogP contribution in [0.3, 0.4) is 0 Å². The van der Waals surface area contributed by atoms with Crippen molar-refractivity contribution in [2.24, 2.45) is 16.9 Å². The van der Waals surface area contributed by atoms with Gasteiger partial charge in [0.05, 0.1) is 33.9 Å². The van der Waals surface area contributed by atoms with Crippen LogP contribution in [0.4, 0.5) is 10.1 Å². The Balaban J connectivity index is 1.64. The first-order chi connectivity index (χ1) is 16.1. The van der Waals surface area contributed by atoms with Gasteiger partial charge in [0.2, 0.25) is 10.0 Å². The second kappa shape index (κ2) is 9.99. The van der Waals surface area contributed by atoms with E-state index in [1.165, 1.54) is 12.1 Å². The Morgan fingerprint density at radius 1 is 1.18 bits per heavy atom. The van der Waals surface area contributed by atoms with Gasteiger partial charge < -0.3 is 0 Å². The maximum absolute atomic E-state index is 13.7. The molecule has 1 N–H and O–H groups in total. The summed E-state index contributed by atoms with van der Waals surface area (Å²) in [7, 11) is -3.94. The number of allylic oxidation sites excluding steroid dienone is 3. The van der Waals surface area contributed by atoms with Crippen LogP contribution in [-0.4, -0.2) is 26.7 Å². The van der Waals surface area contributed by atoms with E-state index in [1.54, 1.807) is 25.1 Å². The number of hydrogen-bond acceptors (Lipinski definition) is 4. The third kappa shape index (κ3) is 5.19. The van der Waals surface area contributed by atoms with Crippen LogP contribution in [0.2, 0.25) is 10.0 Å². The predicted octanol–water partition coefficient (Wildman–Crippen LogP) is 6.30. The van der Waals surface area contributed by atoms with E-state index in [0.717, 1.165) is 6.07 Å². The molecule has 1 unspecified atom stereocenters. The molecule has 3 atom stereocenters. The Kier molecular flexibility index (Phi) is 7.41. The Morgan fingerprint density at radius 2 is 1.94 bits per heavy atom. The van der Waals surface area contributed by atoms with Gasteiger partial charge in [-0.1, -0.05) is 59.9 Å². The number of nitrogens with zero attached hydrogens (tertiary/aromatic N) is 2. The predicted molar refractivity (Wildman–Crippen MR) is 137 cm³/mol. The summed E-state index contributed by atoms with van der Waals surface area (Å²) in [6.07, 6.45) is 6.56.